The van der Waals surface area contributed by atoms with Crippen molar-refractivity contribution in [3.05, 3.63) is 23.8 Å². The summed E-state index contributed by atoms with van der Waals surface area (Å²) in [5, 5.41) is 7.78. The van der Waals surface area contributed by atoms with Crippen molar-refractivity contribution in [1.82, 2.24) is 15.0 Å². The molecule has 2 rings (SSSR count). The summed E-state index contributed by atoms with van der Waals surface area (Å²) in [7, 11) is 1.78. The minimum atomic E-state index is 0.0380. The Labute approximate surface area is 75.2 Å². The number of benzene rings is 1. The van der Waals surface area contributed by atoms with Crippen LogP contribution >= 0.6 is 0 Å². The van der Waals surface area contributed by atoms with E-state index >= 15 is 0 Å². The molecule has 0 saturated carbocycles. The zero-order valence-corrected chi connectivity index (χ0v) is 7.48. The van der Waals surface area contributed by atoms with Crippen molar-refractivity contribution < 1.29 is 4.79 Å². The highest BCUT2D eigenvalue weighted by molar-refractivity contribution is 6.04. The summed E-state index contributed by atoms with van der Waals surface area (Å²) >= 11 is 0. The van der Waals surface area contributed by atoms with E-state index in [1.165, 1.54) is 0 Å². The summed E-state index contributed by atoms with van der Waals surface area (Å²) in [5.41, 5.74) is 2.23. The topological polar surface area (TPSA) is 47.8 Å². The lowest BCUT2D eigenvalue weighted by Gasteiger charge is -1.98. The summed E-state index contributed by atoms with van der Waals surface area (Å²) in [5.74, 6) is 0.0380. The third-order valence-corrected chi connectivity index (χ3v) is 2.00. The maximum absolute atomic E-state index is 11.2. The van der Waals surface area contributed by atoms with E-state index in [4.69, 9.17) is 0 Å². The molecular weight excluding hydrogens is 166 g/mol. The van der Waals surface area contributed by atoms with Gasteiger partial charge in [-0.05, 0) is 19.1 Å². The van der Waals surface area contributed by atoms with Crippen LogP contribution in [0.5, 0.6) is 0 Å². The first kappa shape index (κ1) is 7.91. The molecule has 66 valence electrons. The fraction of sp³-hybridized carbons (Fsp3) is 0.222. The average Bonchev–Trinajstić information content (AvgIpc) is 2.48. The van der Waals surface area contributed by atoms with Crippen LogP contribution in [0.2, 0.25) is 0 Å². The number of nitrogens with zero attached hydrogens (tertiary/aromatic N) is 3. The molecule has 0 aliphatic heterocycles. The molecule has 2 aromatic rings. The summed E-state index contributed by atoms with van der Waals surface area (Å²) in [6, 6.07) is 5.44. The lowest BCUT2D eigenvalue weighted by Crippen LogP contribution is -1.98. The number of aryl methyl sites for hydroxylation is 1. The van der Waals surface area contributed by atoms with Crippen molar-refractivity contribution in [3.63, 3.8) is 0 Å². The number of Topliss-reactive ketones (excluding diaryl/α,β-unsaturated/α-hetero) is 1. The van der Waals surface area contributed by atoms with Crippen LogP contribution in [0.3, 0.4) is 0 Å². The Hall–Kier alpha value is -1.71. The second-order valence-electron chi connectivity index (χ2n) is 2.94. The summed E-state index contributed by atoms with van der Waals surface area (Å²) in [4.78, 5) is 11.2. The number of carbonyl (C=O) groups excluding carboxylic acids is 1. The van der Waals surface area contributed by atoms with Crippen LogP contribution in [-0.4, -0.2) is 20.8 Å². The molecule has 13 heavy (non-hydrogen) atoms. The monoisotopic (exact) mass is 175 g/mol. The summed E-state index contributed by atoms with van der Waals surface area (Å²) in [6.45, 7) is 1.54. The molecule has 0 atom stereocenters. The molecule has 1 aromatic carbocycles. The first-order valence-electron chi connectivity index (χ1n) is 3.99. The Bertz CT molecular complexity index is 473. The normalized spacial score (nSPS) is 10.6. The molecule has 0 aliphatic rings. The molecule has 0 amide bonds. The van der Waals surface area contributed by atoms with E-state index in [1.807, 2.05) is 12.1 Å². The zero-order valence-electron chi connectivity index (χ0n) is 7.48. The van der Waals surface area contributed by atoms with Gasteiger partial charge in [-0.15, -0.1) is 5.10 Å². The predicted molar refractivity (Wildman–Crippen MR) is 48.5 cm³/mol. The van der Waals surface area contributed by atoms with Crippen LogP contribution in [0.4, 0.5) is 0 Å². The second kappa shape index (κ2) is 2.65. The smallest absolute Gasteiger partial charge is 0.162 e. The Morgan fingerprint density at radius 3 is 2.92 bits per heavy atom. The molecule has 0 unspecified atom stereocenters. The molecule has 4 heteroatoms. The van der Waals surface area contributed by atoms with Crippen molar-refractivity contribution in [2.45, 2.75) is 6.92 Å². The summed E-state index contributed by atoms with van der Waals surface area (Å²) in [6.07, 6.45) is 0. The molecule has 0 radical (unpaired) electrons. The Balaban J connectivity index is 2.88. The van der Waals surface area contributed by atoms with Gasteiger partial charge in [0.1, 0.15) is 5.52 Å². The molecule has 0 fully saturated rings. The van der Waals surface area contributed by atoms with Gasteiger partial charge in [0, 0.05) is 12.6 Å². The highest BCUT2D eigenvalue weighted by Gasteiger charge is 2.09. The lowest BCUT2D eigenvalue weighted by atomic mass is 10.1. The number of carbonyl (C=O) groups is 1. The van der Waals surface area contributed by atoms with Crippen LogP contribution < -0.4 is 0 Å². The number of para-hydroxylation sites is 1. The molecular formula is C9H9N3O. The van der Waals surface area contributed by atoms with Gasteiger partial charge in [0.05, 0.1) is 5.52 Å². The predicted octanol–water partition coefficient (Wildman–Crippen LogP) is 1.17. The number of hydrogen-bond donors (Lipinski definition) is 0. The largest absolute Gasteiger partial charge is 0.294 e. The van der Waals surface area contributed by atoms with E-state index in [2.05, 4.69) is 10.3 Å². The summed E-state index contributed by atoms with van der Waals surface area (Å²) < 4.78 is 1.62. The van der Waals surface area contributed by atoms with E-state index in [9.17, 15) is 4.79 Å². The minimum Gasteiger partial charge on any atom is -0.294 e. The second-order valence-corrected chi connectivity index (χ2v) is 2.94. The Morgan fingerprint density at radius 2 is 2.23 bits per heavy atom. The van der Waals surface area contributed by atoms with Crippen molar-refractivity contribution >= 4 is 16.8 Å². The SMILES string of the molecule is CC(=O)c1cccc2nnn(C)c12. The molecule has 0 saturated heterocycles. The van der Waals surface area contributed by atoms with Crippen molar-refractivity contribution in [1.29, 1.82) is 0 Å². The van der Waals surface area contributed by atoms with Crippen LogP contribution in [0.15, 0.2) is 18.2 Å². The third-order valence-electron chi connectivity index (χ3n) is 2.00. The highest BCUT2D eigenvalue weighted by Crippen LogP contribution is 2.15. The zero-order chi connectivity index (χ0) is 9.42. The van der Waals surface area contributed by atoms with Gasteiger partial charge in [-0.2, -0.15) is 0 Å². The molecule has 0 bridgehead atoms. The number of fused-ring (bicyclic) bond motifs is 1. The molecule has 0 aliphatic carbocycles. The third kappa shape index (κ3) is 1.11. The van der Waals surface area contributed by atoms with Gasteiger partial charge in [0.15, 0.2) is 5.78 Å². The van der Waals surface area contributed by atoms with E-state index in [0.29, 0.717) is 5.56 Å². The number of rotatable bonds is 1. The average molecular weight is 175 g/mol. The van der Waals surface area contributed by atoms with Gasteiger partial charge >= 0.3 is 0 Å². The molecule has 0 spiro atoms. The van der Waals surface area contributed by atoms with E-state index in [1.54, 1.807) is 24.7 Å². The van der Waals surface area contributed by atoms with Crippen molar-refractivity contribution in [2.24, 2.45) is 7.05 Å². The molecule has 1 aromatic heterocycles. The molecule has 1 heterocycles. The quantitative estimate of drug-likeness (QED) is 0.611. The maximum atomic E-state index is 11.2. The molecule has 0 N–H and O–H groups in total. The van der Waals surface area contributed by atoms with Gasteiger partial charge in [0.2, 0.25) is 0 Å². The van der Waals surface area contributed by atoms with Crippen LogP contribution in [0.1, 0.15) is 17.3 Å². The van der Waals surface area contributed by atoms with Gasteiger partial charge in [-0.3, -0.25) is 4.79 Å². The standard InChI is InChI=1S/C9H9N3O/c1-6(13)7-4-3-5-8-9(7)12(2)11-10-8/h3-5H,1-2H3. The van der Waals surface area contributed by atoms with Crippen LogP contribution in [0.25, 0.3) is 11.0 Å². The van der Waals surface area contributed by atoms with Gasteiger partial charge in [-0.25, -0.2) is 4.68 Å². The van der Waals surface area contributed by atoms with Crippen LogP contribution in [0, 0.1) is 0 Å². The first-order valence-corrected chi connectivity index (χ1v) is 3.99. The fourth-order valence-electron chi connectivity index (χ4n) is 1.40. The fourth-order valence-corrected chi connectivity index (χ4v) is 1.40. The Kier molecular flexibility index (Phi) is 1.62. The first-order chi connectivity index (χ1) is 6.20. The Morgan fingerprint density at radius 1 is 1.46 bits per heavy atom. The van der Waals surface area contributed by atoms with E-state index < -0.39 is 0 Å². The van der Waals surface area contributed by atoms with Crippen molar-refractivity contribution in [2.75, 3.05) is 0 Å². The lowest BCUT2D eigenvalue weighted by molar-refractivity contribution is 0.101. The number of ketones is 1. The number of hydrogen-bond acceptors (Lipinski definition) is 3. The van der Waals surface area contributed by atoms with Crippen molar-refractivity contribution in [3.8, 4) is 0 Å². The van der Waals surface area contributed by atoms with Gasteiger partial charge < -0.3 is 0 Å². The van der Waals surface area contributed by atoms with Crippen LogP contribution in [-0.2, 0) is 7.05 Å². The maximum Gasteiger partial charge on any atom is 0.162 e. The minimum absolute atomic E-state index is 0.0380. The van der Waals surface area contributed by atoms with Gasteiger partial charge in [-0.1, -0.05) is 11.3 Å². The molecule has 4 nitrogen and oxygen atoms in total. The van der Waals surface area contributed by atoms with E-state index in [0.717, 1.165) is 11.0 Å². The van der Waals surface area contributed by atoms with E-state index in [-0.39, 0.29) is 5.78 Å². The highest BCUT2D eigenvalue weighted by atomic mass is 16.1. The number of aromatic nitrogens is 3. The van der Waals surface area contributed by atoms with Gasteiger partial charge in [0.25, 0.3) is 0 Å².